The number of benzene rings is 1. The van der Waals surface area contributed by atoms with Crippen LogP contribution >= 0.6 is 0 Å². The van der Waals surface area contributed by atoms with Crippen molar-refractivity contribution in [2.75, 3.05) is 46.5 Å². The van der Waals surface area contributed by atoms with Gasteiger partial charge >= 0.3 is 0 Å². The monoisotopic (exact) mass is 294 g/mol. The van der Waals surface area contributed by atoms with E-state index < -0.39 is 0 Å². The fourth-order valence-electron chi connectivity index (χ4n) is 2.41. The van der Waals surface area contributed by atoms with Crippen LogP contribution in [0.2, 0.25) is 0 Å². The van der Waals surface area contributed by atoms with Gasteiger partial charge in [-0.25, -0.2) is 0 Å². The molecule has 1 fully saturated rings. The molecule has 0 amide bonds. The molecule has 1 heterocycles. The van der Waals surface area contributed by atoms with Gasteiger partial charge in [0.2, 0.25) is 0 Å². The van der Waals surface area contributed by atoms with E-state index in [9.17, 15) is 0 Å². The van der Waals surface area contributed by atoms with Crippen molar-refractivity contribution in [3.8, 4) is 11.5 Å². The number of likely N-dealkylation sites (N-methyl/N-ethyl adjacent to an activating group) is 1. The summed E-state index contributed by atoms with van der Waals surface area (Å²) in [5, 5.41) is 0. The van der Waals surface area contributed by atoms with E-state index in [0.29, 0.717) is 19.8 Å². The molecular formula is C16H26N2O3. The van der Waals surface area contributed by atoms with Gasteiger partial charge in [0.15, 0.2) is 11.5 Å². The molecule has 0 radical (unpaired) electrons. The molecule has 1 unspecified atom stereocenters. The summed E-state index contributed by atoms with van der Waals surface area (Å²) in [7, 11) is 2.10. The number of rotatable bonds is 7. The Balaban J connectivity index is 1.97. The van der Waals surface area contributed by atoms with Crippen molar-refractivity contribution in [3.05, 3.63) is 23.8 Å². The maximum absolute atomic E-state index is 5.90. The maximum Gasteiger partial charge on any atom is 0.161 e. The van der Waals surface area contributed by atoms with E-state index in [0.717, 1.165) is 37.6 Å². The van der Waals surface area contributed by atoms with Gasteiger partial charge in [0.05, 0.1) is 13.2 Å². The summed E-state index contributed by atoms with van der Waals surface area (Å²) in [5.74, 6) is 1.56. The van der Waals surface area contributed by atoms with Gasteiger partial charge in [-0.05, 0) is 44.6 Å². The van der Waals surface area contributed by atoms with Crippen LogP contribution in [0.25, 0.3) is 0 Å². The highest BCUT2D eigenvalue weighted by molar-refractivity contribution is 5.43. The molecule has 118 valence electrons. The standard InChI is InChI=1S/C16H26N2O3/c1-3-19-16-10-13(6-7-17)4-5-15(16)21-12-14-11-18(2)8-9-20-14/h4-5,10,14H,3,6-9,11-12,17H2,1-2H3. The van der Waals surface area contributed by atoms with Gasteiger partial charge in [-0.1, -0.05) is 6.07 Å². The van der Waals surface area contributed by atoms with Crippen molar-refractivity contribution in [2.45, 2.75) is 19.4 Å². The summed E-state index contributed by atoms with van der Waals surface area (Å²) in [6.45, 7) is 6.40. The number of hydrogen-bond donors (Lipinski definition) is 1. The number of hydrogen-bond acceptors (Lipinski definition) is 5. The first-order valence-corrected chi connectivity index (χ1v) is 7.61. The molecule has 5 nitrogen and oxygen atoms in total. The summed E-state index contributed by atoms with van der Waals surface area (Å²) in [4.78, 5) is 2.26. The van der Waals surface area contributed by atoms with E-state index in [1.165, 1.54) is 5.56 Å². The first-order valence-electron chi connectivity index (χ1n) is 7.61. The normalized spacial score (nSPS) is 19.5. The zero-order chi connectivity index (χ0) is 15.1. The van der Waals surface area contributed by atoms with E-state index in [2.05, 4.69) is 11.9 Å². The average molecular weight is 294 g/mol. The van der Waals surface area contributed by atoms with Gasteiger partial charge in [-0.3, -0.25) is 0 Å². The Morgan fingerprint density at radius 1 is 1.33 bits per heavy atom. The molecule has 2 rings (SSSR count). The van der Waals surface area contributed by atoms with Crippen LogP contribution in [0.1, 0.15) is 12.5 Å². The smallest absolute Gasteiger partial charge is 0.161 e. The van der Waals surface area contributed by atoms with E-state index in [1.807, 2.05) is 25.1 Å². The minimum Gasteiger partial charge on any atom is -0.490 e. The summed E-state index contributed by atoms with van der Waals surface area (Å²) in [6.07, 6.45) is 0.957. The van der Waals surface area contributed by atoms with Crippen LogP contribution in [0.3, 0.4) is 0 Å². The Morgan fingerprint density at radius 3 is 2.90 bits per heavy atom. The van der Waals surface area contributed by atoms with Crippen LogP contribution in [-0.2, 0) is 11.2 Å². The van der Waals surface area contributed by atoms with E-state index >= 15 is 0 Å². The lowest BCUT2D eigenvalue weighted by Crippen LogP contribution is -2.42. The maximum atomic E-state index is 5.90. The third-order valence-electron chi connectivity index (χ3n) is 3.51. The number of morpholine rings is 1. The lowest BCUT2D eigenvalue weighted by Gasteiger charge is -2.30. The summed E-state index contributed by atoms with van der Waals surface area (Å²) >= 11 is 0. The van der Waals surface area contributed by atoms with Crippen molar-refractivity contribution in [2.24, 2.45) is 5.73 Å². The molecule has 0 aromatic heterocycles. The molecule has 1 aromatic rings. The SMILES string of the molecule is CCOc1cc(CCN)ccc1OCC1CN(C)CCO1. The predicted molar refractivity (Wildman–Crippen MR) is 83.1 cm³/mol. The van der Waals surface area contributed by atoms with Crippen LogP contribution in [-0.4, -0.2) is 57.5 Å². The number of ether oxygens (including phenoxy) is 3. The fraction of sp³-hybridized carbons (Fsp3) is 0.625. The van der Waals surface area contributed by atoms with Gasteiger partial charge in [-0.15, -0.1) is 0 Å². The molecule has 1 aliphatic heterocycles. The molecule has 0 bridgehead atoms. The molecule has 21 heavy (non-hydrogen) atoms. The van der Waals surface area contributed by atoms with Crippen LogP contribution in [0.15, 0.2) is 18.2 Å². The van der Waals surface area contributed by atoms with Gasteiger partial charge in [0.25, 0.3) is 0 Å². The van der Waals surface area contributed by atoms with Crippen molar-refractivity contribution >= 4 is 0 Å². The van der Waals surface area contributed by atoms with E-state index in [4.69, 9.17) is 19.9 Å². The minimum atomic E-state index is 0.113. The van der Waals surface area contributed by atoms with Crippen molar-refractivity contribution < 1.29 is 14.2 Å². The molecular weight excluding hydrogens is 268 g/mol. The van der Waals surface area contributed by atoms with Gasteiger partial charge in [-0.2, -0.15) is 0 Å². The number of nitrogens with two attached hydrogens (primary N) is 1. The number of nitrogens with zero attached hydrogens (tertiary/aromatic N) is 1. The summed E-state index contributed by atoms with van der Waals surface area (Å²) in [6, 6.07) is 6.01. The van der Waals surface area contributed by atoms with Crippen LogP contribution in [0, 0.1) is 0 Å². The summed E-state index contributed by atoms with van der Waals surface area (Å²) < 4.78 is 17.3. The Morgan fingerprint density at radius 2 is 2.19 bits per heavy atom. The predicted octanol–water partition coefficient (Wildman–Crippen LogP) is 1.30. The lowest BCUT2D eigenvalue weighted by atomic mass is 10.1. The fourth-order valence-corrected chi connectivity index (χ4v) is 2.41. The first-order chi connectivity index (χ1) is 10.2. The summed E-state index contributed by atoms with van der Waals surface area (Å²) in [5.41, 5.74) is 6.77. The Bertz CT molecular complexity index is 440. The van der Waals surface area contributed by atoms with E-state index in [1.54, 1.807) is 0 Å². The largest absolute Gasteiger partial charge is 0.490 e. The van der Waals surface area contributed by atoms with Crippen molar-refractivity contribution in [1.29, 1.82) is 0 Å². The topological polar surface area (TPSA) is 57.0 Å². The van der Waals surface area contributed by atoms with Gasteiger partial charge < -0.3 is 24.8 Å². The van der Waals surface area contributed by atoms with Gasteiger partial charge in [0, 0.05) is 13.1 Å². The van der Waals surface area contributed by atoms with Crippen molar-refractivity contribution in [3.63, 3.8) is 0 Å². The average Bonchev–Trinajstić information content (AvgIpc) is 2.47. The molecule has 0 aliphatic carbocycles. The molecule has 1 atom stereocenters. The lowest BCUT2D eigenvalue weighted by molar-refractivity contribution is -0.0406. The Kier molecular flexibility index (Phi) is 6.29. The second-order valence-electron chi connectivity index (χ2n) is 5.32. The van der Waals surface area contributed by atoms with Crippen LogP contribution < -0.4 is 15.2 Å². The Labute approximate surface area is 127 Å². The second-order valence-corrected chi connectivity index (χ2v) is 5.32. The second kappa shape index (κ2) is 8.22. The third-order valence-corrected chi connectivity index (χ3v) is 3.51. The third kappa shape index (κ3) is 4.88. The first kappa shape index (κ1) is 16.1. The van der Waals surface area contributed by atoms with Gasteiger partial charge in [0.1, 0.15) is 12.7 Å². The minimum absolute atomic E-state index is 0.113. The molecule has 1 aliphatic rings. The molecule has 0 saturated carbocycles. The highest BCUT2D eigenvalue weighted by atomic mass is 16.5. The van der Waals surface area contributed by atoms with E-state index in [-0.39, 0.29) is 6.10 Å². The molecule has 0 spiro atoms. The van der Waals surface area contributed by atoms with Crippen LogP contribution in [0.5, 0.6) is 11.5 Å². The quantitative estimate of drug-likeness (QED) is 0.821. The Hall–Kier alpha value is -1.30. The molecule has 2 N–H and O–H groups in total. The highest BCUT2D eigenvalue weighted by Gasteiger charge is 2.19. The zero-order valence-electron chi connectivity index (χ0n) is 13.0. The molecule has 1 aromatic carbocycles. The van der Waals surface area contributed by atoms with Crippen LogP contribution in [0.4, 0.5) is 0 Å². The zero-order valence-corrected chi connectivity index (χ0v) is 13.0. The molecule has 5 heteroatoms. The van der Waals surface area contributed by atoms with Crippen molar-refractivity contribution in [1.82, 2.24) is 4.90 Å². The molecule has 1 saturated heterocycles. The highest BCUT2D eigenvalue weighted by Crippen LogP contribution is 2.29.